The normalized spacial score (nSPS) is 12.0. The fourth-order valence-corrected chi connectivity index (χ4v) is 5.56. The molecule has 1 aromatic heterocycles. The third-order valence-corrected chi connectivity index (χ3v) is 8.10. The molecule has 0 saturated carbocycles. The number of amides is 3. The minimum atomic E-state index is -0.461. The molecule has 0 aliphatic heterocycles. The summed E-state index contributed by atoms with van der Waals surface area (Å²) in [6, 6.07) is 31.5. The van der Waals surface area contributed by atoms with Crippen molar-refractivity contribution in [2.75, 3.05) is 10.6 Å². The fourth-order valence-electron chi connectivity index (χ4n) is 4.55. The number of H-pyrrole nitrogens is 1. The van der Waals surface area contributed by atoms with Crippen LogP contribution in [0.4, 0.5) is 11.4 Å². The summed E-state index contributed by atoms with van der Waals surface area (Å²) in [5, 5.41) is 9.44. The number of aromatic amines is 1. The maximum Gasteiger partial charge on any atom is 0.272 e. The first-order chi connectivity index (χ1) is 20.9. The molecule has 0 spiro atoms. The van der Waals surface area contributed by atoms with Gasteiger partial charge in [0, 0.05) is 33.5 Å². The van der Waals surface area contributed by atoms with Crippen molar-refractivity contribution in [1.29, 1.82) is 0 Å². The molecular formula is C35H32N4O3S. The molecule has 0 aliphatic carbocycles. The van der Waals surface area contributed by atoms with E-state index < -0.39 is 5.91 Å². The van der Waals surface area contributed by atoms with Crippen LogP contribution in [0.25, 0.3) is 17.0 Å². The van der Waals surface area contributed by atoms with Gasteiger partial charge in [0.25, 0.3) is 11.8 Å². The number of hydrogen-bond donors (Lipinski definition) is 4. The molecule has 4 aromatic carbocycles. The Bertz CT molecular complexity index is 1800. The van der Waals surface area contributed by atoms with Crippen LogP contribution in [0.1, 0.15) is 34.8 Å². The van der Waals surface area contributed by atoms with Crippen LogP contribution in [-0.2, 0) is 9.59 Å². The van der Waals surface area contributed by atoms with Crippen LogP contribution in [0.5, 0.6) is 0 Å². The Labute approximate surface area is 254 Å². The van der Waals surface area contributed by atoms with Gasteiger partial charge >= 0.3 is 0 Å². The number of anilines is 2. The number of fused-ring (bicyclic) bond motifs is 1. The molecule has 1 unspecified atom stereocenters. The molecular weight excluding hydrogens is 556 g/mol. The highest BCUT2D eigenvalue weighted by Gasteiger charge is 2.20. The highest BCUT2D eigenvalue weighted by atomic mass is 32.2. The number of aromatic nitrogens is 1. The van der Waals surface area contributed by atoms with Crippen molar-refractivity contribution in [3.05, 3.63) is 132 Å². The smallest absolute Gasteiger partial charge is 0.272 e. The minimum Gasteiger partial charge on any atom is -0.361 e. The van der Waals surface area contributed by atoms with Gasteiger partial charge in [-0.25, -0.2) is 0 Å². The van der Waals surface area contributed by atoms with Crippen molar-refractivity contribution >= 4 is 57.8 Å². The van der Waals surface area contributed by atoms with Crippen LogP contribution in [0.2, 0.25) is 0 Å². The van der Waals surface area contributed by atoms with Crippen molar-refractivity contribution in [2.24, 2.45) is 0 Å². The van der Waals surface area contributed by atoms with Gasteiger partial charge in [0.1, 0.15) is 5.70 Å². The van der Waals surface area contributed by atoms with Gasteiger partial charge in [0.15, 0.2) is 0 Å². The van der Waals surface area contributed by atoms with E-state index >= 15 is 0 Å². The molecule has 5 aromatic rings. The Balaban J connectivity index is 1.30. The number of hydrogen-bond acceptors (Lipinski definition) is 4. The zero-order valence-corrected chi connectivity index (χ0v) is 24.7. The van der Waals surface area contributed by atoms with Crippen molar-refractivity contribution < 1.29 is 14.4 Å². The Morgan fingerprint density at radius 2 is 1.63 bits per heavy atom. The number of nitrogens with one attached hydrogen (secondary N) is 4. The molecule has 0 bridgehead atoms. The van der Waals surface area contributed by atoms with Crippen LogP contribution >= 0.6 is 11.8 Å². The maximum atomic E-state index is 13.5. The van der Waals surface area contributed by atoms with Crippen molar-refractivity contribution in [3.63, 3.8) is 0 Å². The summed E-state index contributed by atoms with van der Waals surface area (Å²) < 4.78 is 0. The summed E-state index contributed by atoms with van der Waals surface area (Å²) in [5.74, 6) is -0.941. The van der Waals surface area contributed by atoms with E-state index in [0.29, 0.717) is 17.7 Å². The standard InChI is InChI=1S/C35H32N4O3S/c1-3-32(35(42)38-28-16-15-25-17-18-36-30(25)22-28)43-29-14-8-13-27(21-29)37-34(41)31(20-24-10-7-9-23(2)19-24)39-33(40)26-11-5-4-6-12-26/h4-22,32,36H,3H2,1-2H3,(H,37,41)(H,38,42)(H,39,40)/b31-20+. The van der Waals surface area contributed by atoms with Crippen LogP contribution in [0.15, 0.2) is 120 Å². The lowest BCUT2D eigenvalue weighted by molar-refractivity contribution is -0.116. The van der Waals surface area contributed by atoms with E-state index in [9.17, 15) is 14.4 Å². The minimum absolute atomic E-state index is 0.0974. The summed E-state index contributed by atoms with van der Waals surface area (Å²) in [4.78, 5) is 43.5. The molecule has 0 aliphatic rings. The number of thioether (sulfide) groups is 1. The van der Waals surface area contributed by atoms with Gasteiger partial charge in [-0.3, -0.25) is 14.4 Å². The second-order valence-corrected chi connectivity index (χ2v) is 11.3. The quantitative estimate of drug-likeness (QED) is 0.101. The van der Waals surface area contributed by atoms with Crippen molar-refractivity contribution in [1.82, 2.24) is 10.3 Å². The van der Waals surface area contributed by atoms with E-state index in [0.717, 1.165) is 32.6 Å². The van der Waals surface area contributed by atoms with Gasteiger partial charge in [0.2, 0.25) is 5.91 Å². The lowest BCUT2D eigenvalue weighted by atomic mass is 10.1. The lowest BCUT2D eigenvalue weighted by Crippen LogP contribution is -2.30. The number of carbonyl (C=O) groups excluding carboxylic acids is 3. The highest BCUT2D eigenvalue weighted by molar-refractivity contribution is 8.00. The second-order valence-electron chi connectivity index (χ2n) is 10.1. The van der Waals surface area contributed by atoms with E-state index in [1.165, 1.54) is 11.8 Å². The van der Waals surface area contributed by atoms with E-state index in [4.69, 9.17) is 0 Å². The maximum absolute atomic E-state index is 13.5. The Hall–Kier alpha value is -5.08. The number of rotatable bonds is 10. The van der Waals surface area contributed by atoms with Gasteiger partial charge in [-0.1, -0.05) is 67.1 Å². The Kier molecular flexibility index (Phi) is 9.39. The second kappa shape index (κ2) is 13.7. The SMILES string of the molecule is CCC(Sc1cccc(NC(=O)/C(=C\c2cccc(C)c2)NC(=O)c2ccccc2)c1)C(=O)Nc1ccc2cc[nH]c2c1. The highest BCUT2D eigenvalue weighted by Crippen LogP contribution is 2.29. The van der Waals surface area contributed by atoms with E-state index in [1.807, 2.05) is 92.8 Å². The number of benzene rings is 4. The molecule has 0 saturated heterocycles. The molecule has 8 heteroatoms. The molecule has 1 heterocycles. The average Bonchev–Trinajstić information content (AvgIpc) is 3.48. The third-order valence-electron chi connectivity index (χ3n) is 6.74. The summed E-state index contributed by atoms with van der Waals surface area (Å²) >= 11 is 1.43. The van der Waals surface area contributed by atoms with Crippen molar-refractivity contribution in [3.8, 4) is 0 Å². The van der Waals surface area contributed by atoms with E-state index in [-0.39, 0.29) is 22.8 Å². The molecule has 43 heavy (non-hydrogen) atoms. The van der Waals surface area contributed by atoms with Gasteiger partial charge in [-0.2, -0.15) is 0 Å². The summed E-state index contributed by atoms with van der Waals surface area (Å²) in [6.45, 7) is 3.93. The Morgan fingerprint density at radius 3 is 2.42 bits per heavy atom. The van der Waals surface area contributed by atoms with Gasteiger partial charge in [0.05, 0.1) is 5.25 Å². The number of carbonyl (C=O) groups is 3. The topological polar surface area (TPSA) is 103 Å². The van der Waals surface area contributed by atoms with Crippen LogP contribution in [-0.4, -0.2) is 28.0 Å². The first kappa shape index (κ1) is 29.4. The molecule has 7 nitrogen and oxygen atoms in total. The molecule has 1 atom stereocenters. The largest absolute Gasteiger partial charge is 0.361 e. The summed E-state index contributed by atoms with van der Waals surface area (Å²) in [6.07, 6.45) is 4.14. The number of aryl methyl sites for hydroxylation is 1. The predicted molar refractivity (Wildman–Crippen MR) is 175 cm³/mol. The van der Waals surface area contributed by atoms with Gasteiger partial charge in [-0.05, 0) is 78.9 Å². The molecule has 5 rings (SSSR count). The monoisotopic (exact) mass is 588 g/mol. The third kappa shape index (κ3) is 7.81. The lowest BCUT2D eigenvalue weighted by Gasteiger charge is -2.16. The Morgan fingerprint density at radius 1 is 0.837 bits per heavy atom. The summed E-state index contributed by atoms with van der Waals surface area (Å²) in [5.41, 5.74) is 4.61. The molecule has 0 fully saturated rings. The first-order valence-electron chi connectivity index (χ1n) is 14.0. The first-order valence-corrected chi connectivity index (χ1v) is 14.9. The zero-order valence-electron chi connectivity index (χ0n) is 23.9. The molecule has 3 amide bonds. The van der Waals surface area contributed by atoms with E-state index in [2.05, 4.69) is 20.9 Å². The summed E-state index contributed by atoms with van der Waals surface area (Å²) in [7, 11) is 0. The predicted octanol–water partition coefficient (Wildman–Crippen LogP) is 7.40. The van der Waals surface area contributed by atoms with Crippen LogP contribution in [0, 0.1) is 6.92 Å². The molecule has 4 N–H and O–H groups in total. The zero-order chi connectivity index (χ0) is 30.2. The molecule has 216 valence electrons. The molecule has 0 radical (unpaired) electrons. The fraction of sp³-hybridized carbons (Fsp3) is 0.114. The van der Waals surface area contributed by atoms with Crippen LogP contribution < -0.4 is 16.0 Å². The average molecular weight is 589 g/mol. The van der Waals surface area contributed by atoms with E-state index in [1.54, 1.807) is 36.4 Å². The van der Waals surface area contributed by atoms with Crippen LogP contribution in [0.3, 0.4) is 0 Å². The van der Waals surface area contributed by atoms with Gasteiger partial charge in [-0.15, -0.1) is 11.8 Å². The van der Waals surface area contributed by atoms with Crippen molar-refractivity contribution in [2.45, 2.75) is 30.4 Å². The van der Waals surface area contributed by atoms with Gasteiger partial charge < -0.3 is 20.9 Å².